The van der Waals surface area contributed by atoms with E-state index < -0.39 is 12.0 Å². The Morgan fingerprint density at radius 1 is 1.25 bits per heavy atom. The molecule has 2 atom stereocenters. The van der Waals surface area contributed by atoms with Crippen LogP contribution in [0.15, 0.2) is 29.2 Å². The number of benzene rings is 1. The van der Waals surface area contributed by atoms with Crippen molar-refractivity contribution in [2.45, 2.75) is 43.9 Å². The number of carboxylic acid groups (broad SMARTS) is 1. The highest BCUT2D eigenvalue weighted by molar-refractivity contribution is 8.00. The molecule has 5 heteroatoms. The van der Waals surface area contributed by atoms with Crippen molar-refractivity contribution in [1.29, 1.82) is 0 Å². The average Bonchev–Trinajstić information content (AvgIpc) is 2.34. The SMILES string of the molecule is Cc1cccc(SC(C)C(=O)NC(C(=O)O)C(C)C)c1. The minimum Gasteiger partial charge on any atom is -0.480 e. The molecular weight excluding hydrogens is 274 g/mol. The zero-order valence-corrected chi connectivity index (χ0v) is 13.0. The van der Waals surface area contributed by atoms with E-state index in [1.54, 1.807) is 20.8 Å². The van der Waals surface area contributed by atoms with E-state index in [1.807, 2.05) is 31.2 Å². The molecule has 0 fully saturated rings. The molecule has 0 spiro atoms. The van der Waals surface area contributed by atoms with Crippen LogP contribution in [0.1, 0.15) is 26.3 Å². The van der Waals surface area contributed by atoms with Crippen LogP contribution in [0.5, 0.6) is 0 Å². The Balaban J connectivity index is 2.65. The largest absolute Gasteiger partial charge is 0.480 e. The van der Waals surface area contributed by atoms with Crippen molar-refractivity contribution in [2.75, 3.05) is 0 Å². The fraction of sp³-hybridized carbons (Fsp3) is 0.467. The van der Waals surface area contributed by atoms with Gasteiger partial charge in [-0.2, -0.15) is 0 Å². The summed E-state index contributed by atoms with van der Waals surface area (Å²) in [6, 6.07) is 7.04. The Morgan fingerprint density at radius 2 is 1.90 bits per heavy atom. The molecule has 1 amide bonds. The molecular formula is C15H21NO3S. The van der Waals surface area contributed by atoms with Crippen molar-refractivity contribution in [3.63, 3.8) is 0 Å². The minimum absolute atomic E-state index is 0.146. The highest BCUT2D eigenvalue weighted by atomic mass is 32.2. The molecule has 4 nitrogen and oxygen atoms in total. The van der Waals surface area contributed by atoms with Gasteiger partial charge in [0.25, 0.3) is 0 Å². The topological polar surface area (TPSA) is 66.4 Å². The van der Waals surface area contributed by atoms with Crippen LogP contribution < -0.4 is 5.32 Å². The summed E-state index contributed by atoms with van der Waals surface area (Å²) in [5, 5.41) is 11.3. The molecule has 0 bridgehead atoms. The number of amides is 1. The second kappa shape index (κ2) is 7.33. The summed E-state index contributed by atoms with van der Waals surface area (Å²) >= 11 is 1.43. The van der Waals surface area contributed by atoms with Crippen molar-refractivity contribution >= 4 is 23.6 Å². The van der Waals surface area contributed by atoms with E-state index in [0.717, 1.165) is 10.5 Å². The van der Waals surface area contributed by atoms with E-state index in [-0.39, 0.29) is 17.1 Å². The first kappa shape index (κ1) is 16.6. The monoisotopic (exact) mass is 295 g/mol. The van der Waals surface area contributed by atoms with Gasteiger partial charge in [0.2, 0.25) is 5.91 Å². The summed E-state index contributed by atoms with van der Waals surface area (Å²) in [4.78, 5) is 24.1. The quantitative estimate of drug-likeness (QED) is 0.792. The highest BCUT2D eigenvalue weighted by Crippen LogP contribution is 2.24. The van der Waals surface area contributed by atoms with Crippen LogP contribution in [0, 0.1) is 12.8 Å². The van der Waals surface area contributed by atoms with Crippen LogP contribution in [0.3, 0.4) is 0 Å². The van der Waals surface area contributed by atoms with E-state index in [9.17, 15) is 9.59 Å². The van der Waals surface area contributed by atoms with E-state index in [1.165, 1.54) is 11.8 Å². The number of carbonyl (C=O) groups excluding carboxylic acids is 1. The molecule has 0 aliphatic heterocycles. The number of aryl methyl sites for hydroxylation is 1. The fourth-order valence-corrected chi connectivity index (χ4v) is 2.72. The molecule has 0 radical (unpaired) electrons. The maximum atomic E-state index is 12.1. The molecule has 0 saturated carbocycles. The predicted molar refractivity (Wildman–Crippen MR) is 80.9 cm³/mol. The maximum absolute atomic E-state index is 12.1. The van der Waals surface area contributed by atoms with Gasteiger partial charge in [-0.25, -0.2) is 4.79 Å². The third-order valence-electron chi connectivity index (χ3n) is 2.90. The van der Waals surface area contributed by atoms with Crippen molar-refractivity contribution < 1.29 is 14.7 Å². The minimum atomic E-state index is -0.999. The highest BCUT2D eigenvalue weighted by Gasteiger charge is 2.25. The number of hydrogen-bond donors (Lipinski definition) is 2. The first-order chi connectivity index (χ1) is 9.31. The van der Waals surface area contributed by atoms with Crippen LogP contribution in [0.2, 0.25) is 0 Å². The molecule has 0 aromatic heterocycles. The Bertz CT molecular complexity index is 488. The predicted octanol–water partition coefficient (Wildman–Crippen LogP) is 2.70. The molecule has 2 unspecified atom stereocenters. The second-order valence-electron chi connectivity index (χ2n) is 5.15. The summed E-state index contributed by atoms with van der Waals surface area (Å²) < 4.78 is 0. The Morgan fingerprint density at radius 3 is 2.40 bits per heavy atom. The van der Waals surface area contributed by atoms with Gasteiger partial charge in [-0.3, -0.25) is 4.79 Å². The zero-order valence-electron chi connectivity index (χ0n) is 12.2. The molecule has 0 heterocycles. The maximum Gasteiger partial charge on any atom is 0.326 e. The van der Waals surface area contributed by atoms with Crippen LogP contribution in [-0.4, -0.2) is 28.3 Å². The number of carbonyl (C=O) groups is 2. The third kappa shape index (κ3) is 4.89. The molecule has 0 saturated heterocycles. The van der Waals surface area contributed by atoms with Gasteiger partial charge in [-0.05, 0) is 31.9 Å². The summed E-state index contributed by atoms with van der Waals surface area (Å²) in [6.45, 7) is 7.32. The molecule has 1 aromatic carbocycles. The van der Waals surface area contributed by atoms with Gasteiger partial charge in [0.15, 0.2) is 0 Å². The normalized spacial score (nSPS) is 13.8. The van der Waals surface area contributed by atoms with E-state index in [2.05, 4.69) is 5.32 Å². The molecule has 20 heavy (non-hydrogen) atoms. The first-order valence-corrected chi connectivity index (χ1v) is 7.45. The van der Waals surface area contributed by atoms with Crippen molar-refractivity contribution in [3.8, 4) is 0 Å². The van der Waals surface area contributed by atoms with Gasteiger partial charge in [0.05, 0.1) is 5.25 Å². The molecule has 1 rings (SSSR count). The van der Waals surface area contributed by atoms with Gasteiger partial charge < -0.3 is 10.4 Å². The molecule has 1 aromatic rings. The molecule has 2 N–H and O–H groups in total. The van der Waals surface area contributed by atoms with E-state index >= 15 is 0 Å². The lowest BCUT2D eigenvalue weighted by molar-refractivity contribution is -0.143. The third-order valence-corrected chi connectivity index (χ3v) is 4.00. The van der Waals surface area contributed by atoms with Gasteiger partial charge in [-0.15, -0.1) is 11.8 Å². The van der Waals surface area contributed by atoms with Gasteiger partial charge in [0, 0.05) is 4.90 Å². The molecule has 110 valence electrons. The lowest BCUT2D eigenvalue weighted by atomic mass is 10.0. The Labute approximate surface area is 124 Å². The number of hydrogen-bond acceptors (Lipinski definition) is 3. The first-order valence-electron chi connectivity index (χ1n) is 6.57. The zero-order chi connectivity index (χ0) is 15.3. The van der Waals surface area contributed by atoms with Gasteiger partial charge >= 0.3 is 5.97 Å². The average molecular weight is 295 g/mol. The van der Waals surface area contributed by atoms with Crippen molar-refractivity contribution in [3.05, 3.63) is 29.8 Å². The smallest absolute Gasteiger partial charge is 0.326 e. The summed E-state index contributed by atoms with van der Waals surface area (Å²) in [6.07, 6.45) is 0. The second-order valence-corrected chi connectivity index (χ2v) is 6.56. The number of aliphatic carboxylic acids is 1. The van der Waals surface area contributed by atoms with Crippen LogP contribution in [-0.2, 0) is 9.59 Å². The standard InChI is InChI=1S/C15H21NO3S/c1-9(2)13(15(18)19)16-14(17)11(4)20-12-7-5-6-10(3)8-12/h5-9,11,13H,1-4H3,(H,16,17)(H,18,19). The number of rotatable bonds is 6. The Hall–Kier alpha value is -1.49. The van der Waals surface area contributed by atoms with Crippen molar-refractivity contribution in [2.24, 2.45) is 5.92 Å². The van der Waals surface area contributed by atoms with Crippen LogP contribution >= 0.6 is 11.8 Å². The molecule has 0 aliphatic carbocycles. The molecule has 0 aliphatic rings. The van der Waals surface area contributed by atoms with Crippen LogP contribution in [0.4, 0.5) is 0 Å². The summed E-state index contributed by atoms with van der Waals surface area (Å²) in [7, 11) is 0. The summed E-state index contributed by atoms with van der Waals surface area (Å²) in [5.41, 5.74) is 1.13. The van der Waals surface area contributed by atoms with Crippen molar-refractivity contribution in [1.82, 2.24) is 5.32 Å². The summed E-state index contributed by atoms with van der Waals surface area (Å²) in [5.74, 6) is -1.40. The lowest BCUT2D eigenvalue weighted by Crippen LogP contribution is -2.46. The number of thioether (sulfide) groups is 1. The van der Waals surface area contributed by atoms with Gasteiger partial charge in [0.1, 0.15) is 6.04 Å². The number of carboxylic acids is 1. The van der Waals surface area contributed by atoms with E-state index in [4.69, 9.17) is 5.11 Å². The fourth-order valence-electron chi connectivity index (χ4n) is 1.73. The number of nitrogens with one attached hydrogen (secondary N) is 1. The van der Waals surface area contributed by atoms with Crippen LogP contribution in [0.25, 0.3) is 0 Å². The van der Waals surface area contributed by atoms with Gasteiger partial charge in [-0.1, -0.05) is 31.5 Å². The Kier molecular flexibility index (Phi) is 6.07. The lowest BCUT2D eigenvalue weighted by Gasteiger charge is -2.20. The van der Waals surface area contributed by atoms with E-state index in [0.29, 0.717) is 0 Å².